The van der Waals surface area contributed by atoms with E-state index >= 15 is 0 Å². The number of aromatic nitrogens is 5. The maximum absolute atomic E-state index is 4.74. The van der Waals surface area contributed by atoms with Crippen molar-refractivity contribution >= 4 is 5.82 Å². The molecule has 4 rings (SSSR count). The van der Waals surface area contributed by atoms with Gasteiger partial charge in [-0.1, -0.05) is 30.3 Å². The summed E-state index contributed by atoms with van der Waals surface area (Å²) >= 11 is 0. The molecule has 1 atom stereocenters. The molecule has 0 aliphatic carbocycles. The molecule has 3 heterocycles. The van der Waals surface area contributed by atoms with Gasteiger partial charge in [0, 0.05) is 18.3 Å². The van der Waals surface area contributed by atoms with Crippen molar-refractivity contribution in [2.75, 3.05) is 11.4 Å². The third-order valence-electron chi connectivity index (χ3n) is 3.97. The van der Waals surface area contributed by atoms with Crippen molar-refractivity contribution in [1.29, 1.82) is 0 Å². The largest absolute Gasteiger partial charge is 0.346 e. The predicted molar refractivity (Wildman–Crippen MR) is 83.2 cm³/mol. The fourth-order valence-electron chi connectivity index (χ4n) is 2.94. The van der Waals surface area contributed by atoms with Crippen molar-refractivity contribution in [3.63, 3.8) is 0 Å². The van der Waals surface area contributed by atoms with Crippen LogP contribution in [0.5, 0.6) is 0 Å². The zero-order chi connectivity index (χ0) is 14.8. The lowest BCUT2D eigenvalue weighted by Gasteiger charge is -2.24. The molecule has 1 fully saturated rings. The van der Waals surface area contributed by atoms with E-state index in [-0.39, 0.29) is 6.04 Å². The number of benzene rings is 1. The van der Waals surface area contributed by atoms with Gasteiger partial charge in [-0.25, -0.2) is 15.0 Å². The van der Waals surface area contributed by atoms with Gasteiger partial charge in [-0.3, -0.25) is 5.10 Å². The number of hydrogen-bond donors (Lipinski definition) is 1. The number of H-pyrrole nitrogens is 1. The molecule has 0 amide bonds. The van der Waals surface area contributed by atoms with E-state index in [2.05, 4.69) is 25.1 Å². The summed E-state index contributed by atoms with van der Waals surface area (Å²) in [5.41, 5.74) is 1.03. The molecule has 2 aromatic heterocycles. The summed E-state index contributed by atoms with van der Waals surface area (Å²) in [5, 5.41) is 6.94. The van der Waals surface area contributed by atoms with Crippen LogP contribution in [0.3, 0.4) is 0 Å². The Bertz CT molecular complexity index is 740. The first-order valence-corrected chi connectivity index (χ1v) is 7.42. The zero-order valence-corrected chi connectivity index (χ0v) is 12.1. The Morgan fingerprint density at radius 3 is 2.82 bits per heavy atom. The number of nitrogens with one attached hydrogen (secondary N) is 1. The van der Waals surface area contributed by atoms with Crippen molar-refractivity contribution < 1.29 is 0 Å². The highest BCUT2D eigenvalue weighted by molar-refractivity contribution is 5.57. The van der Waals surface area contributed by atoms with Crippen LogP contribution < -0.4 is 4.90 Å². The molecule has 6 heteroatoms. The second-order valence-corrected chi connectivity index (χ2v) is 5.33. The highest BCUT2D eigenvalue weighted by atomic mass is 15.3. The summed E-state index contributed by atoms with van der Waals surface area (Å²) in [5.74, 6) is 2.59. The van der Waals surface area contributed by atoms with E-state index in [1.54, 1.807) is 6.33 Å². The Morgan fingerprint density at radius 1 is 1.09 bits per heavy atom. The second-order valence-electron chi connectivity index (χ2n) is 5.33. The number of anilines is 1. The van der Waals surface area contributed by atoms with Gasteiger partial charge in [0.25, 0.3) is 0 Å². The Kier molecular flexibility index (Phi) is 3.27. The normalized spacial score (nSPS) is 17.8. The van der Waals surface area contributed by atoms with Crippen molar-refractivity contribution in [3.05, 3.63) is 54.7 Å². The van der Waals surface area contributed by atoms with Gasteiger partial charge < -0.3 is 4.90 Å². The van der Waals surface area contributed by atoms with Crippen LogP contribution in [0.2, 0.25) is 0 Å². The van der Waals surface area contributed by atoms with Gasteiger partial charge in [0.15, 0.2) is 5.82 Å². The second kappa shape index (κ2) is 5.55. The molecule has 0 unspecified atom stereocenters. The molecular formula is C16H16N6. The summed E-state index contributed by atoms with van der Waals surface area (Å²) in [6, 6.07) is 12.2. The van der Waals surface area contributed by atoms with Gasteiger partial charge in [0.1, 0.15) is 18.0 Å². The number of hydrogen-bond acceptors (Lipinski definition) is 5. The van der Waals surface area contributed by atoms with E-state index < -0.39 is 0 Å². The first-order valence-electron chi connectivity index (χ1n) is 7.42. The fourth-order valence-corrected chi connectivity index (χ4v) is 2.94. The average Bonchev–Trinajstić information content (AvgIpc) is 3.27. The van der Waals surface area contributed by atoms with E-state index in [1.807, 2.05) is 42.6 Å². The first kappa shape index (κ1) is 12.9. The Balaban J connectivity index is 1.68. The van der Waals surface area contributed by atoms with Crippen LogP contribution in [0, 0.1) is 0 Å². The molecule has 0 saturated carbocycles. The summed E-state index contributed by atoms with van der Waals surface area (Å²) in [6.07, 6.45) is 5.55. The highest BCUT2D eigenvalue weighted by Crippen LogP contribution is 2.33. The van der Waals surface area contributed by atoms with E-state index in [0.29, 0.717) is 0 Å². The minimum Gasteiger partial charge on any atom is -0.346 e. The van der Waals surface area contributed by atoms with Crippen LogP contribution in [-0.2, 0) is 0 Å². The van der Waals surface area contributed by atoms with Gasteiger partial charge in [-0.15, -0.1) is 0 Å². The highest BCUT2D eigenvalue weighted by Gasteiger charge is 2.29. The lowest BCUT2D eigenvalue weighted by atomic mass is 10.2. The number of nitrogens with zero attached hydrogens (tertiary/aromatic N) is 5. The van der Waals surface area contributed by atoms with Crippen molar-refractivity contribution in [1.82, 2.24) is 25.1 Å². The van der Waals surface area contributed by atoms with Crippen molar-refractivity contribution in [3.8, 4) is 11.4 Å². The molecule has 0 spiro atoms. The molecule has 1 N–H and O–H groups in total. The van der Waals surface area contributed by atoms with Crippen molar-refractivity contribution in [2.24, 2.45) is 0 Å². The van der Waals surface area contributed by atoms with Gasteiger partial charge >= 0.3 is 0 Å². The minimum absolute atomic E-state index is 0.209. The Labute approximate surface area is 128 Å². The summed E-state index contributed by atoms with van der Waals surface area (Å²) in [4.78, 5) is 15.7. The zero-order valence-electron chi connectivity index (χ0n) is 12.1. The smallest absolute Gasteiger partial charge is 0.161 e. The van der Waals surface area contributed by atoms with Crippen LogP contribution in [-0.4, -0.2) is 31.7 Å². The van der Waals surface area contributed by atoms with Gasteiger partial charge in [0.2, 0.25) is 0 Å². The van der Waals surface area contributed by atoms with E-state index in [9.17, 15) is 0 Å². The lowest BCUT2D eigenvalue weighted by Crippen LogP contribution is -2.24. The van der Waals surface area contributed by atoms with Crippen molar-refractivity contribution in [2.45, 2.75) is 18.9 Å². The standard InChI is InChI=1S/C16H16N6/c1-2-5-12(6-3-1)15-17-9-8-14(20-15)22-10-4-7-13(22)16-18-11-19-21-16/h1-3,5-6,8-9,11,13H,4,7,10H2,(H,18,19,21)/t13-/m1/s1. The monoisotopic (exact) mass is 292 g/mol. The van der Waals surface area contributed by atoms with E-state index in [0.717, 1.165) is 42.4 Å². The molecule has 1 saturated heterocycles. The first-order chi connectivity index (χ1) is 10.9. The van der Waals surface area contributed by atoms with Crippen LogP contribution in [0.4, 0.5) is 5.82 Å². The Hall–Kier alpha value is -2.76. The molecule has 0 bridgehead atoms. The molecule has 3 aromatic rings. The molecular weight excluding hydrogens is 276 g/mol. The predicted octanol–water partition coefficient (Wildman–Crippen LogP) is 2.60. The van der Waals surface area contributed by atoms with Crippen LogP contribution in [0.25, 0.3) is 11.4 Å². The number of aromatic amines is 1. The fraction of sp³-hybridized carbons (Fsp3) is 0.250. The van der Waals surface area contributed by atoms with Crippen LogP contribution >= 0.6 is 0 Å². The molecule has 0 radical (unpaired) electrons. The van der Waals surface area contributed by atoms with Gasteiger partial charge in [-0.05, 0) is 18.9 Å². The SMILES string of the molecule is c1ccc(-c2nccc(N3CCC[C@@H]3c3ncn[nH]3)n2)cc1. The molecule has 22 heavy (non-hydrogen) atoms. The maximum Gasteiger partial charge on any atom is 0.161 e. The van der Waals surface area contributed by atoms with E-state index in [4.69, 9.17) is 4.98 Å². The molecule has 1 aromatic carbocycles. The molecule has 6 nitrogen and oxygen atoms in total. The average molecular weight is 292 g/mol. The third kappa shape index (κ3) is 2.32. The quantitative estimate of drug-likeness (QED) is 0.803. The third-order valence-corrected chi connectivity index (χ3v) is 3.97. The van der Waals surface area contributed by atoms with E-state index in [1.165, 1.54) is 0 Å². The number of rotatable bonds is 3. The minimum atomic E-state index is 0.209. The van der Waals surface area contributed by atoms with Crippen LogP contribution in [0.15, 0.2) is 48.9 Å². The van der Waals surface area contributed by atoms with Gasteiger partial charge in [-0.2, -0.15) is 5.10 Å². The maximum atomic E-state index is 4.74. The molecule has 1 aliphatic heterocycles. The Morgan fingerprint density at radius 2 is 2.00 bits per heavy atom. The molecule has 110 valence electrons. The van der Waals surface area contributed by atoms with Crippen LogP contribution in [0.1, 0.15) is 24.7 Å². The lowest BCUT2D eigenvalue weighted by molar-refractivity contribution is 0.663. The summed E-state index contributed by atoms with van der Waals surface area (Å²) in [7, 11) is 0. The summed E-state index contributed by atoms with van der Waals surface area (Å²) in [6.45, 7) is 0.969. The topological polar surface area (TPSA) is 70.6 Å². The molecule has 1 aliphatic rings. The van der Waals surface area contributed by atoms with Gasteiger partial charge in [0.05, 0.1) is 6.04 Å². The summed E-state index contributed by atoms with van der Waals surface area (Å²) < 4.78 is 0.